The Labute approximate surface area is 170 Å². The Bertz CT molecular complexity index is 1090. The molecule has 2 aromatic heterocycles. The Morgan fingerprint density at radius 3 is 2.66 bits per heavy atom. The Kier molecular flexibility index (Phi) is 5.67. The van der Waals surface area contributed by atoms with Gasteiger partial charge in [-0.25, -0.2) is 9.37 Å². The van der Waals surface area contributed by atoms with Crippen LogP contribution in [0.5, 0.6) is 5.75 Å². The maximum atomic E-state index is 13.0. The van der Waals surface area contributed by atoms with E-state index in [1.54, 1.807) is 30.5 Å². The van der Waals surface area contributed by atoms with Gasteiger partial charge in [0.05, 0.1) is 0 Å². The predicted molar refractivity (Wildman–Crippen MR) is 109 cm³/mol. The van der Waals surface area contributed by atoms with Gasteiger partial charge in [-0.1, -0.05) is 30.3 Å². The fourth-order valence-electron chi connectivity index (χ4n) is 2.66. The van der Waals surface area contributed by atoms with E-state index in [1.165, 1.54) is 23.5 Å². The number of furan rings is 1. The van der Waals surface area contributed by atoms with Gasteiger partial charge in [-0.2, -0.15) is 0 Å². The van der Waals surface area contributed by atoms with Gasteiger partial charge in [-0.05, 0) is 42.0 Å². The predicted octanol–water partition coefficient (Wildman–Crippen LogP) is 5.30. The Morgan fingerprint density at radius 1 is 1.07 bits per heavy atom. The van der Waals surface area contributed by atoms with Crippen LogP contribution in [0.3, 0.4) is 0 Å². The topological polar surface area (TPSA) is 64.4 Å². The molecule has 4 rings (SSSR count). The Balaban J connectivity index is 1.33. The van der Waals surface area contributed by atoms with E-state index in [-0.39, 0.29) is 24.1 Å². The number of anilines is 1. The van der Waals surface area contributed by atoms with Crippen molar-refractivity contribution in [2.75, 3.05) is 5.32 Å². The molecule has 0 unspecified atom stereocenters. The van der Waals surface area contributed by atoms with Gasteiger partial charge >= 0.3 is 0 Å². The summed E-state index contributed by atoms with van der Waals surface area (Å²) in [4.78, 5) is 17.6. The van der Waals surface area contributed by atoms with E-state index < -0.39 is 0 Å². The van der Waals surface area contributed by atoms with Crippen LogP contribution in [0.15, 0.2) is 77.3 Å². The molecule has 1 N–H and O–H groups in total. The minimum absolute atomic E-state index is 0.187. The highest BCUT2D eigenvalue weighted by Crippen LogP contribution is 2.22. The van der Waals surface area contributed by atoms with Gasteiger partial charge in [0.1, 0.15) is 23.9 Å². The average molecular weight is 408 g/mol. The minimum Gasteiger partial charge on any atom is -0.486 e. The van der Waals surface area contributed by atoms with E-state index in [1.807, 2.05) is 30.3 Å². The fraction of sp³-hybridized carbons (Fsp3) is 0.0909. The number of benzene rings is 2. The number of carbonyl (C=O) groups excluding carboxylic acids is 1. The van der Waals surface area contributed by atoms with Crippen LogP contribution in [0.2, 0.25) is 0 Å². The van der Waals surface area contributed by atoms with Crippen LogP contribution in [-0.2, 0) is 13.0 Å². The molecule has 0 fully saturated rings. The van der Waals surface area contributed by atoms with Crippen molar-refractivity contribution in [3.63, 3.8) is 0 Å². The largest absolute Gasteiger partial charge is 0.486 e. The molecule has 0 aliphatic rings. The summed E-state index contributed by atoms with van der Waals surface area (Å²) in [7, 11) is 0. The molecular weight excluding hydrogens is 391 g/mol. The van der Waals surface area contributed by atoms with Crippen LogP contribution < -0.4 is 10.1 Å². The summed E-state index contributed by atoms with van der Waals surface area (Å²) in [5.74, 6) is 0.824. The van der Waals surface area contributed by atoms with Crippen molar-refractivity contribution in [3.8, 4) is 5.75 Å². The first-order valence-corrected chi connectivity index (χ1v) is 9.74. The van der Waals surface area contributed by atoms with Crippen molar-refractivity contribution in [2.24, 2.45) is 0 Å². The second kappa shape index (κ2) is 8.70. The van der Waals surface area contributed by atoms with Gasteiger partial charge in [0.25, 0.3) is 5.91 Å². The number of para-hydroxylation sites is 1. The number of carbonyl (C=O) groups is 1. The number of amides is 1. The molecule has 5 nitrogen and oxygen atoms in total. The molecule has 0 aliphatic heterocycles. The van der Waals surface area contributed by atoms with Crippen LogP contribution in [0.25, 0.3) is 0 Å². The van der Waals surface area contributed by atoms with Gasteiger partial charge in [-0.3, -0.25) is 10.1 Å². The van der Waals surface area contributed by atoms with E-state index in [4.69, 9.17) is 9.15 Å². The molecule has 0 spiro atoms. The van der Waals surface area contributed by atoms with Crippen molar-refractivity contribution >= 4 is 22.4 Å². The summed E-state index contributed by atoms with van der Waals surface area (Å²) >= 11 is 1.37. The zero-order chi connectivity index (χ0) is 20.1. The third-order valence-electron chi connectivity index (χ3n) is 4.08. The molecule has 0 aliphatic carbocycles. The SMILES string of the molecule is O=C(Nc1ncc(Cc2ccc(F)cc2)s1)c1ccc(COc2ccccc2)o1. The van der Waals surface area contributed by atoms with Crippen molar-refractivity contribution < 1.29 is 18.3 Å². The number of aromatic nitrogens is 1. The Morgan fingerprint density at radius 2 is 1.86 bits per heavy atom. The lowest BCUT2D eigenvalue weighted by molar-refractivity contribution is 0.0992. The molecule has 0 atom stereocenters. The molecule has 0 radical (unpaired) electrons. The van der Waals surface area contributed by atoms with Crippen molar-refractivity contribution in [1.29, 1.82) is 0 Å². The van der Waals surface area contributed by atoms with E-state index in [0.717, 1.165) is 16.2 Å². The van der Waals surface area contributed by atoms with E-state index >= 15 is 0 Å². The zero-order valence-corrected chi connectivity index (χ0v) is 16.1. The molecule has 29 heavy (non-hydrogen) atoms. The van der Waals surface area contributed by atoms with Gasteiger partial charge < -0.3 is 9.15 Å². The lowest BCUT2D eigenvalue weighted by atomic mass is 10.1. The van der Waals surface area contributed by atoms with Gasteiger partial charge in [0.2, 0.25) is 0 Å². The molecule has 4 aromatic rings. The highest BCUT2D eigenvalue weighted by molar-refractivity contribution is 7.15. The lowest BCUT2D eigenvalue weighted by Gasteiger charge is -2.03. The molecule has 0 bridgehead atoms. The number of hydrogen-bond donors (Lipinski definition) is 1. The highest BCUT2D eigenvalue weighted by atomic mass is 32.1. The molecule has 7 heteroatoms. The third kappa shape index (κ3) is 5.08. The fourth-order valence-corrected chi connectivity index (χ4v) is 3.50. The number of thiazole rings is 1. The monoisotopic (exact) mass is 408 g/mol. The number of hydrogen-bond acceptors (Lipinski definition) is 5. The standard InChI is InChI=1S/C22H17FN2O3S/c23-16-8-6-15(7-9-16)12-19-13-24-22(29-19)25-21(26)20-11-10-18(28-20)14-27-17-4-2-1-3-5-17/h1-11,13H,12,14H2,(H,24,25,26). The van der Waals surface area contributed by atoms with Crippen LogP contribution in [-0.4, -0.2) is 10.9 Å². The number of rotatable bonds is 7. The van der Waals surface area contributed by atoms with Crippen LogP contribution in [0.4, 0.5) is 9.52 Å². The summed E-state index contributed by atoms with van der Waals surface area (Å²) in [6, 6.07) is 19.0. The van der Waals surface area contributed by atoms with Crippen molar-refractivity contribution in [1.82, 2.24) is 4.98 Å². The van der Waals surface area contributed by atoms with Gasteiger partial charge in [-0.15, -0.1) is 11.3 Å². The molecule has 2 aromatic carbocycles. The lowest BCUT2D eigenvalue weighted by Crippen LogP contribution is -2.10. The summed E-state index contributed by atoms with van der Waals surface area (Å²) in [6.45, 7) is 0.233. The number of nitrogens with zero attached hydrogens (tertiary/aromatic N) is 1. The molecule has 2 heterocycles. The summed E-state index contributed by atoms with van der Waals surface area (Å²) in [6.07, 6.45) is 2.32. The first-order valence-electron chi connectivity index (χ1n) is 8.93. The highest BCUT2D eigenvalue weighted by Gasteiger charge is 2.14. The minimum atomic E-state index is -0.376. The molecular formula is C22H17FN2O3S. The maximum absolute atomic E-state index is 13.0. The van der Waals surface area contributed by atoms with Crippen molar-refractivity contribution in [3.05, 3.63) is 101 Å². The first-order chi connectivity index (χ1) is 14.2. The Hall–Kier alpha value is -3.45. The third-order valence-corrected chi connectivity index (χ3v) is 4.99. The van der Waals surface area contributed by atoms with Crippen LogP contribution in [0.1, 0.15) is 26.8 Å². The normalized spacial score (nSPS) is 10.7. The zero-order valence-electron chi connectivity index (χ0n) is 15.3. The van der Waals surface area contributed by atoms with E-state index in [2.05, 4.69) is 10.3 Å². The van der Waals surface area contributed by atoms with Crippen LogP contribution >= 0.6 is 11.3 Å². The second-order valence-corrected chi connectivity index (χ2v) is 7.37. The summed E-state index contributed by atoms with van der Waals surface area (Å²) in [5.41, 5.74) is 0.974. The van der Waals surface area contributed by atoms with E-state index in [9.17, 15) is 9.18 Å². The summed E-state index contributed by atoms with van der Waals surface area (Å²) in [5, 5.41) is 3.21. The molecule has 146 valence electrons. The average Bonchev–Trinajstić information content (AvgIpc) is 3.39. The second-order valence-electron chi connectivity index (χ2n) is 6.26. The number of ether oxygens (including phenoxy) is 1. The number of halogens is 1. The smallest absolute Gasteiger partial charge is 0.293 e. The molecule has 1 amide bonds. The quantitative estimate of drug-likeness (QED) is 0.451. The van der Waals surface area contributed by atoms with Gasteiger partial charge in [0.15, 0.2) is 10.9 Å². The molecule has 0 saturated carbocycles. The van der Waals surface area contributed by atoms with Crippen LogP contribution in [0, 0.1) is 5.82 Å². The summed E-state index contributed by atoms with van der Waals surface area (Å²) < 4.78 is 24.2. The maximum Gasteiger partial charge on any atom is 0.293 e. The first kappa shape index (κ1) is 18.9. The van der Waals surface area contributed by atoms with E-state index in [0.29, 0.717) is 17.3 Å². The number of nitrogens with one attached hydrogen (secondary N) is 1. The van der Waals surface area contributed by atoms with Gasteiger partial charge in [0, 0.05) is 17.5 Å². The van der Waals surface area contributed by atoms with Crippen molar-refractivity contribution in [2.45, 2.75) is 13.0 Å². The molecule has 0 saturated heterocycles.